The molecule has 2 aliphatic heterocycles. The van der Waals surface area contributed by atoms with Crippen LogP contribution in [0.1, 0.15) is 35.4 Å². The van der Waals surface area contributed by atoms with Gasteiger partial charge in [-0.3, -0.25) is 10.1 Å². The van der Waals surface area contributed by atoms with E-state index >= 15 is 0 Å². The van der Waals surface area contributed by atoms with Crippen LogP contribution in [0.5, 0.6) is 11.5 Å². The number of hydrazone groups is 1. The highest BCUT2D eigenvalue weighted by Gasteiger charge is 2.41. The van der Waals surface area contributed by atoms with Crippen LogP contribution < -0.4 is 9.47 Å². The van der Waals surface area contributed by atoms with Gasteiger partial charge in [0.15, 0.2) is 0 Å². The number of nitro groups is 1. The Balaban J connectivity index is 1.53. The molecule has 8 heteroatoms. The van der Waals surface area contributed by atoms with Gasteiger partial charge in [0.1, 0.15) is 18.1 Å². The van der Waals surface area contributed by atoms with Crippen molar-refractivity contribution >= 4 is 27.3 Å². The number of nitrogens with zero attached hydrogens (tertiary/aromatic N) is 3. The number of rotatable bonds is 6. The molecule has 0 amide bonds. The Morgan fingerprint density at radius 2 is 2.03 bits per heavy atom. The van der Waals surface area contributed by atoms with E-state index < -0.39 is 11.2 Å². The van der Waals surface area contributed by atoms with Gasteiger partial charge in [0, 0.05) is 34.2 Å². The highest BCUT2D eigenvalue weighted by atomic mass is 79.9. The third kappa shape index (κ3) is 4.09. The van der Waals surface area contributed by atoms with E-state index in [0.717, 1.165) is 32.8 Å². The third-order valence-corrected chi connectivity index (χ3v) is 6.17. The highest BCUT2D eigenvalue weighted by Crippen LogP contribution is 2.48. The molecule has 2 atom stereocenters. The van der Waals surface area contributed by atoms with E-state index in [1.165, 1.54) is 6.07 Å². The minimum absolute atomic E-state index is 0.0211. The fraction of sp³-hybridized carbons (Fsp3) is 0.160. The van der Waals surface area contributed by atoms with E-state index in [1.54, 1.807) is 18.2 Å². The highest BCUT2D eigenvalue weighted by molar-refractivity contribution is 9.10. The van der Waals surface area contributed by atoms with E-state index in [0.29, 0.717) is 18.6 Å². The Morgan fingerprint density at radius 3 is 2.79 bits per heavy atom. The summed E-state index contributed by atoms with van der Waals surface area (Å²) in [6.45, 7) is 4.12. The molecule has 0 unspecified atom stereocenters. The van der Waals surface area contributed by atoms with Gasteiger partial charge in [0.05, 0.1) is 16.7 Å². The van der Waals surface area contributed by atoms with Crippen molar-refractivity contribution in [1.82, 2.24) is 5.01 Å². The SMILES string of the molecule is C=CCOc1ccc(C2=NN3[C@@H](C2)c2cc(Br)ccc2O[C@H]3c2cccc([N+](=O)[O-])c2)cc1. The maximum Gasteiger partial charge on any atom is 0.269 e. The van der Waals surface area contributed by atoms with Crippen LogP contribution in [0.25, 0.3) is 0 Å². The number of benzene rings is 3. The van der Waals surface area contributed by atoms with E-state index in [9.17, 15) is 10.1 Å². The number of hydrogen-bond donors (Lipinski definition) is 0. The van der Waals surface area contributed by atoms with Crippen molar-refractivity contribution in [2.45, 2.75) is 18.7 Å². The lowest BCUT2D eigenvalue weighted by Crippen LogP contribution is -2.33. The Bertz CT molecular complexity index is 1260. The van der Waals surface area contributed by atoms with Crippen LogP contribution in [0.2, 0.25) is 0 Å². The average molecular weight is 506 g/mol. The molecule has 166 valence electrons. The van der Waals surface area contributed by atoms with E-state index in [2.05, 4.69) is 22.5 Å². The molecule has 2 aliphatic rings. The van der Waals surface area contributed by atoms with Crippen LogP contribution >= 0.6 is 15.9 Å². The van der Waals surface area contributed by atoms with Gasteiger partial charge in [-0.2, -0.15) is 5.10 Å². The standard InChI is InChI=1S/C25H20BrN3O4/c1-2-12-32-20-9-6-16(7-10-20)22-15-23-21-14-18(26)8-11-24(21)33-25(28(23)27-22)17-4-3-5-19(13-17)29(30)31/h2-11,13-14,23,25H,1,12,15H2/t23-,25-/m0/s1. The van der Waals surface area contributed by atoms with Crippen molar-refractivity contribution in [2.24, 2.45) is 5.10 Å². The minimum atomic E-state index is -0.573. The number of ether oxygens (including phenoxy) is 2. The first-order chi connectivity index (χ1) is 16.0. The molecule has 0 N–H and O–H groups in total. The zero-order valence-corrected chi connectivity index (χ0v) is 19.1. The van der Waals surface area contributed by atoms with E-state index in [-0.39, 0.29) is 11.7 Å². The van der Waals surface area contributed by atoms with E-state index in [1.807, 2.05) is 53.5 Å². The van der Waals surface area contributed by atoms with Crippen molar-refractivity contribution in [1.29, 1.82) is 0 Å². The topological polar surface area (TPSA) is 77.2 Å². The summed E-state index contributed by atoms with van der Waals surface area (Å²) in [5.41, 5.74) is 3.64. The Morgan fingerprint density at radius 1 is 1.21 bits per heavy atom. The van der Waals surface area contributed by atoms with E-state index in [4.69, 9.17) is 14.6 Å². The molecule has 0 spiro atoms. The lowest BCUT2D eigenvalue weighted by Gasteiger charge is -2.38. The summed E-state index contributed by atoms with van der Waals surface area (Å²) < 4.78 is 12.9. The van der Waals surface area contributed by atoms with Gasteiger partial charge in [-0.25, -0.2) is 5.01 Å². The van der Waals surface area contributed by atoms with Gasteiger partial charge in [0.2, 0.25) is 6.23 Å². The summed E-state index contributed by atoms with van der Waals surface area (Å²) in [6, 6.07) is 20.2. The fourth-order valence-electron chi connectivity index (χ4n) is 4.14. The van der Waals surface area contributed by atoms with Crippen molar-refractivity contribution in [2.75, 3.05) is 6.61 Å². The molecule has 0 aromatic heterocycles. The van der Waals surface area contributed by atoms with Crippen molar-refractivity contribution in [3.05, 3.63) is 111 Å². The van der Waals surface area contributed by atoms with Crippen LogP contribution in [0.15, 0.2) is 89.0 Å². The van der Waals surface area contributed by atoms with Crippen molar-refractivity contribution in [3.63, 3.8) is 0 Å². The Kier molecular flexibility index (Phi) is 5.60. The molecule has 3 aromatic rings. The first kappa shape index (κ1) is 21.2. The first-order valence-electron chi connectivity index (χ1n) is 10.4. The van der Waals surface area contributed by atoms with Crippen LogP contribution in [0.3, 0.4) is 0 Å². The average Bonchev–Trinajstić information content (AvgIpc) is 3.28. The van der Waals surface area contributed by atoms with Gasteiger partial charge < -0.3 is 9.47 Å². The fourth-order valence-corrected chi connectivity index (χ4v) is 4.52. The molecule has 0 bridgehead atoms. The molecule has 2 heterocycles. The Hall–Kier alpha value is -3.65. The largest absolute Gasteiger partial charge is 0.490 e. The van der Waals surface area contributed by atoms with Crippen LogP contribution in [0.4, 0.5) is 5.69 Å². The molecule has 7 nitrogen and oxygen atoms in total. The molecule has 0 radical (unpaired) electrons. The monoisotopic (exact) mass is 505 g/mol. The molecule has 3 aromatic carbocycles. The summed E-state index contributed by atoms with van der Waals surface area (Å²) in [5, 5.41) is 18.2. The Labute approximate surface area is 199 Å². The lowest BCUT2D eigenvalue weighted by atomic mass is 9.96. The first-order valence-corrected chi connectivity index (χ1v) is 11.2. The molecule has 0 saturated heterocycles. The molecular weight excluding hydrogens is 486 g/mol. The number of halogens is 1. The lowest BCUT2D eigenvalue weighted by molar-refractivity contribution is -0.385. The van der Waals surface area contributed by atoms with Crippen LogP contribution in [-0.2, 0) is 0 Å². The van der Waals surface area contributed by atoms with Crippen LogP contribution in [-0.4, -0.2) is 22.3 Å². The van der Waals surface area contributed by atoms with Gasteiger partial charge in [-0.05, 0) is 48.0 Å². The van der Waals surface area contributed by atoms with Gasteiger partial charge in [-0.1, -0.05) is 40.7 Å². The third-order valence-electron chi connectivity index (χ3n) is 5.67. The second-order valence-electron chi connectivity index (χ2n) is 7.78. The maximum absolute atomic E-state index is 11.3. The predicted molar refractivity (Wildman–Crippen MR) is 128 cm³/mol. The van der Waals surface area contributed by atoms with Crippen LogP contribution in [0, 0.1) is 10.1 Å². The molecule has 33 heavy (non-hydrogen) atoms. The maximum atomic E-state index is 11.3. The van der Waals surface area contributed by atoms with Gasteiger partial charge >= 0.3 is 0 Å². The summed E-state index contributed by atoms with van der Waals surface area (Å²) in [5.74, 6) is 1.52. The molecular formula is C25H20BrN3O4. The molecule has 5 rings (SSSR count). The molecule has 0 saturated carbocycles. The summed E-state index contributed by atoms with van der Waals surface area (Å²) in [4.78, 5) is 10.9. The quantitative estimate of drug-likeness (QED) is 0.227. The number of fused-ring (bicyclic) bond motifs is 3. The summed E-state index contributed by atoms with van der Waals surface area (Å²) in [7, 11) is 0. The second kappa shape index (κ2) is 8.71. The molecule has 0 fully saturated rings. The number of hydrogen-bond acceptors (Lipinski definition) is 6. The zero-order valence-electron chi connectivity index (χ0n) is 17.6. The zero-order chi connectivity index (χ0) is 22.9. The predicted octanol–water partition coefficient (Wildman–Crippen LogP) is 6.16. The summed E-state index contributed by atoms with van der Waals surface area (Å²) >= 11 is 3.55. The van der Waals surface area contributed by atoms with Gasteiger partial charge in [-0.15, -0.1) is 0 Å². The smallest absolute Gasteiger partial charge is 0.269 e. The second-order valence-corrected chi connectivity index (χ2v) is 8.69. The number of non-ortho nitro benzene ring substituents is 1. The van der Waals surface area contributed by atoms with Gasteiger partial charge in [0.25, 0.3) is 5.69 Å². The number of nitro benzene ring substituents is 1. The summed E-state index contributed by atoms with van der Waals surface area (Å²) in [6.07, 6.45) is 1.82. The molecule has 0 aliphatic carbocycles. The van der Waals surface area contributed by atoms with Crippen molar-refractivity contribution < 1.29 is 14.4 Å². The minimum Gasteiger partial charge on any atom is -0.490 e. The van der Waals surface area contributed by atoms with Crippen molar-refractivity contribution in [3.8, 4) is 11.5 Å². The normalized spacial score (nSPS) is 18.6.